The van der Waals surface area contributed by atoms with Gasteiger partial charge in [0.25, 0.3) is 0 Å². The second-order valence-electron chi connectivity index (χ2n) is 3.04. The van der Waals surface area contributed by atoms with Crippen LogP contribution in [0.4, 0.5) is 0 Å². The maximum atomic E-state index is 10.1. The zero-order valence-electron chi connectivity index (χ0n) is 6.70. The smallest absolute Gasteiger partial charge is 0.133 e. The van der Waals surface area contributed by atoms with Crippen LogP contribution in [-0.4, -0.2) is 53.3 Å². The van der Waals surface area contributed by atoms with Crippen LogP contribution >= 0.6 is 0 Å². The summed E-state index contributed by atoms with van der Waals surface area (Å²) in [6, 6.07) is 0. The molecule has 13 heavy (non-hydrogen) atoms. The van der Waals surface area contributed by atoms with E-state index in [4.69, 9.17) is 14.7 Å². The van der Waals surface area contributed by atoms with Crippen molar-refractivity contribution in [3.63, 3.8) is 0 Å². The first-order chi connectivity index (χ1) is 6.18. The van der Waals surface area contributed by atoms with E-state index in [-0.39, 0.29) is 13.2 Å². The van der Waals surface area contributed by atoms with E-state index < -0.39 is 29.8 Å². The van der Waals surface area contributed by atoms with Crippen molar-refractivity contribution in [1.82, 2.24) is 5.39 Å². The Kier molecular flexibility index (Phi) is 2.47. The summed E-state index contributed by atoms with van der Waals surface area (Å²) in [5.41, 5.74) is 0. The van der Waals surface area contributed by atoms with Crippen LogP contribution in [0.1, 0.15) is 0 Å². The molecule has 7 nitrogen and oxygen atoms in total. The zero-order valence-corrected chi connectivity index (χ0v) is 6.70. The maximum Gasteiger partial charge on any atom is 0.133 e. The Hall–Kier alpha value is -0.280. The van der Waals surface area contributed by atoms with Crippen molar-refractivity contribution >= 4 is 0 Å². The lowest BCUT2D eigenvalue weighted by Gasteiger charge is -2.24. The van der Waals surface area contributed by atoms with Gasteiger partial charge in [-0.25, -0.2) is 0 Å². The Labute approximate surface area is 73.9 Å². The number of hydrogen-bond acceptors (Lipinski definition) is 7. The van der Waals surface area contributed by atoms with Crippen molar-refractivity contribution in [2.75, 3.05) is 13.2 Å². The molecule has 2 N–H and O–H groups in total. The topological polar surface area (TPSA) is 94.5 Å². The van der Waals surface area contributed by atoms with Crippen LogP contribution in [0.15, 0.2) is 0 Å². The van der Waals surface area contributed by atoms with Gasteiger partial charge in [-0.2, -0.15) is 0 Å². The third-order valence-electron chi connectivity index (χ3n) is 2.21. The van der Waals surface area contributed by atoms with E-state index in [1.54, 1.807) is 0 Å². The minimum atomic E-state index is -0.683. The van der Waals surface area contributed by atoms with E-state index in [1.165, 1.54) is 0 Å². The molecule has 2 aliphatic heterocycles. The molecule has 0 aromatic heterocycles. The first-order valence-electron chi connectivity index (χ1n) is 3.92. The number of ether oxygens (including phenoxy) is 2. The fourth-order valence-electron chi connectivity index (χ4n) is 1.65. The summed E-state index contributed by atoms with van der Waals surface area (Å²) in [6.07, 6.45) is -2.26. The molecule has 0 aromatic rings. The van der Waals surface area contributed by atoms with Crippen molar-refractivity contribution in [2.24, 2.45) is 0 Å². The molecule has 2 saturated heterocycles. The number of rotatable bonds is 2. The van der Waals surface area contributed by atoms with Crippen LogP contribution in [-0.2, 0) is 14.3 Å². The summed E-state index contributed by atoms with van der Waals surface area (Å²) in [4.78, 5) is 4.45. The summed E-state index contributed by atoms with van der Waals surface area (Å²) in [7, 11) is 0. The molecule has 0 aliphatic carbocycles. The number of aliphatic hydroxyl groups is 1. The van der Waals surface area contributed by atoms with Crippen LogP contribution < -0.4 is 0 Å². The highest BCUT2D eigenvalue weighted by atomic mass is 17.1. The molecule has 76 valence electrons. The highest BCUT2D eigenvalue weighted by molar-refractivity contribution is 4.94. The van der Waals surface area contributed by atoms with E-state index in [2.05, 4.69) is 4.84 Å². The summed E-state index contributed by atoms with van der Waals surface area (Å²) in [5.74, 6) is 0. The van der Waals surface area contributed by atoms with Gasteiger partial charge in [0.2, 0.25) is 0 Å². The van der Waals surface area contributed by atoms with Gasteiger partial charge < -0.3 is 25.0 Å². The summed E-state index contributed by atoms with van der Waals surface area (Å²) < 4.78 is 10.3. The molecule has 2 heterocycles. The Morgan fingerprint density at radius 2 is 2.00 bits per heavy atom. The second kappa shape index (κ2) is 3.46. The Balaban J connectivity index is 1.94. The average molecular weight is 192 g/mol. The number of nitrogens with zero attached hydrogens (tertiary/aromatic N) is 1. The predicted molar refractivity (Wildman–Crippen MR) is 37.4 cm³/mol. The Bertz CT molecular complexity index is 188. The van der Waals surface area contributed by atoms with Crippen LogP contribution in [0.5, 0.6) is 0 Å². The highest BCUT2D eigenvalue weighted by Crippen LogP contribution is 2.28. The molecule has 2 aliphatic rings. The lowest BCUT2D eigenvalue weighted by atomic mass is 10.1. The number of aliphatic hydroxyl groups excluding tert-OH is 1. The third-order valence-corrected chi connectivity index (χ3v) is 2.21. The molecule has 0 bridgehead atoms. The van der Waals surface area contributed by atoms with Crippen LogP contribution in [0.2, 0.25) is 0 Å². The Morgan fingerprint density at radius 1 is 1.31 bits per heavy atom. The van der Waals surface area contributed by atoms with E-state index in [1.807, 2.05) is 0 Å². The van der Waals surface area contributed by atoms with Crippen molar-refractivity contribution < 1.29 is 24.6 Å². The van der Waals surface area contributed by atoms with E-state index in [9.17, 15) is 10.3 Å². The van der Waals surface area contributed by atoms with Gasteiger partial charge in [0.1, 0.15) is 24.4 Å². The fraction of sp³-hybridized carbons (Fsp3) is 1.00. The average Bonchev–Trinajstić information content (AvgIpc) is 2.56. The molecular formula is C6H10NO6-. The normalized spacial score (nSPS) is 44.3. The maximum absolute atomic E-state index is 10.1. The van der Waals surface area contributed by atoms with E-state index in [0.717, 1.165) is 0 Å². The largest absolute Gasteiger partial charge is 0.738 e. The highest BCUT2D eigenvalue weighted by Gasteiger charge is 2.48. The molecule has 0 spiro atoms. The van der Waals surface area contributed by atoms with Gasteiger partial charge in [-0.1, -0.05) is 0 Å². The Morgan fingerprint density at radius 3 is 2.69 bits per heavy atom. The first-order valence-corrected chi connectivity index (χ1v) is 3.92. The molecule has 0 amide bonds. The summed E-state index contributed by atoms with van der Waals surface area (Å²) in [5, 5.41) is 27.1. The van der Waals surface area contributed by atoms with Gasteiger partial charge in [-0.15, -0.1) is 5.39 Å². The summed E-state index contributed by atoms with van der Waals surface area (Å²) >= 11 is 0. The molecule has 4 atom stereocenters. The molecular weight excluding hydrogens is 182 g/mol. The first kappa shape index (κ1) is 9.28. The minimum absolute atomic E-state index is 0.131. The lowest BCUT2D eigenvalue weighted by molar-refractivity contribution is -0.335. The molecule has 2 fully saturated rings. The van der Waals surface area contributed by atoms with Crippen molar-refractivity contribution in [3.8, 4) is 0 Å². The van der Waals surface area contributed by atoms with Crippen molar-refractivity contribution in [3.05, 3.63) is 5.21 Å². The molecule has 0 radical (unpaired) electrons. The van der Waals surface area contributed by atoms with Gasteiger partial charge in [-0.3, -0.25) is 4.84 Å². The quantitative estimate of drug-likeness (QED) is 0.521. The van der Waals surface area contributed by atoms with E-state index >= 15 is 0 Å². The second-order valence-corrected chi connectivity index (χ2v) is 3.04. The van der Waals surface area contributed by atoms with Gasteiger partial charge >= 0.3 is 0 Å². The summed E-state index contributed by atoms with van der Waals surface area (Å²) in [6.45, 7) is 0.297. The molecule has 2 rings (SSSR count). The lowest BCUT2D eigenvalue weighted by Crippen LogP contribution is -2.35. The van der Waals surface area contributed by atoms with Crippen molar-refractivity contribution in [2.45, 2.75) is 24.4 Å². The number of hydrogen-bond donors (Lipinski definition) is 2. The van der Waals surface area contributed by atoms with Gasteiger partial charge in [0.15, 0.2) is 0 Å². The minimum Gasteiger partial charge on any atom is -0.738 e. The van der Waals surface area contributed by atoms with Gasteiger partial charge in [-0.05, 0) is 0 Å². The monoisotopic (exact) mass is 192 g/mol. The standard InChI is InChI=1S/C6H10NO6/c8-3-1-11-6-4(13-7(9)10)2-12-5(3)6/h3-6,8-9H,1-2H2/q-1. The van der Waals surface area contributed by atoms with Crippen LogP contribution in [0, 0.1) is 5.21 Å². The SMILES string of the molecule is [O-]N(O)OC1COC2C(O)COC12. The third kappa shape index (κ3) is 1.67. The molecule has 4 unspecified atom stereocenters. The van der Waals surface area contributed by atoms with Gasteiger partial charge in [0, 0.05) is 0 Å². The van der Waals surface area contributed by atoms with Gasteiger partial charge in [0.05, 0.1) is 13.2 Å². The van der Waals surface area contributed by atoms with Crippen LogP contribution in [0.3, 0.4) is 0 Å². The molecule has 0 aromatic carbocycles. The molecule has 7 heteroatoms. The zero-order chi connectivity index (χ0) is 9.42. The number of fused-ring (bicyclic) bond motifs is 1. The molecule has 0 saturated carbocycles. The van der Waals surface area contributed by atoms with Crippen LogP contribution in [0.25, 0.3) is 0 Å². The van der Waals surface area contributed by atoms with E-state index in [0.29, 0.717) is 0 Å². The fourth-order valence-corrected chi connectivity index (χ4v) is 1.65. The predicted octanol–water partition coefficient (Wildman–Crippen LogP) is -1.37. The van der Waals surface area contributed by atoms with Crippen molar-refractivity contribution in [1.29, 1.82) is 0 Å².